The van der Waals surface area contributed by atoms with Crippen LogP contribution in [-0.2, 0) is 4.79 Å². The molecule has 1 aliphatic rings. The van der Waals surface area contributed by atoms with Crippen LogP contribution in [0.25, 0.3) is 6.08 Å². The van der Waals surface area contributed by atoms with E-state index in [1.807, 2.05) is 24.3 Å². The van der Waals surface area contributed by atoms with E-state index < -0.39 is 0 Å². The summed E-state index contributed by atoms with van der Waals surface area (Å²) in [6.07, 6.45) is 4.33. The Morgan fingerprint density at radius 2 is 1.82 bits per heavy atom. The molecule has 3 rings (SSSR count). The third kappa shape index (κ3) is 5.93. The lowest BCUT2D eigenvalue weighted by molar-refractivity contribution is -0.117. The Bertz CT molecular complexity index is 868. The molecular formula is C22H23ClN4O. The summed E-state index contributed by atoms with van der Waals surface area (Å²) in [6.45, 7) is 4.87. The number of anilines is 1. The molecule has 5 nitrogen and oxygen atoms in total. The minimum Gasteiger partial charge on any atom is -0.325 e. The molecule has 6 heteroatoms. The summed E-state index contributed by atoms with van der Waals surface area (Å²) >= 11 is 6.01. The topological polar surface area (TPSA) is 59.4 Å². The van der Waals surface area contributed by atoms with Crippen molar-refractivity contribution in [1.82, 2.24) is 9.80 Å². The quantitative estimate of drug-likeness (QED) is 0.814. The van der Waals surface area contributed by atoms with Crippen molar-refractivity contribution in [2.45, 2.75) is 0 Å². The molecule has 1 heterocycles. The average molecular weight is 395 g/mol. The van der Waals surface area contributed by atoms with Crippen LogP contribution in [0.15, 0.2) is 54.6 Å². The van der Waals surface area contributed by atoms with Gasteiger partial charge in [-0.2, -0.15) is 5.26 Å². The summed E-state index contributed by atoms with van der Waals surface area (Å²) < 4.78 is 0. The number of nitriles is 1. The van der Waals surface area contributed by atoms with E-state index in [4.69, 9.17) is 16.9 Å². The smallest absolute Gasteiger partial charge is 0.238 e. The minimum atomic E-state index is -0.0711. The molecule has 0 radical (unpaired) electrons. The predicted octanol–water partition coefficient (Wildman–Crippen LogP) is 3.48. The van der Waals surface area contributed by atoms with Crippen LogP contribution in [-0.4, -0.2) is 55.0 Å². The van der Waals surface area contributed by atoms with Gasteiger partial charge in [0.15, 0.2) is 0 Å². The minimum absolute atomic E-state index is 0.0711. The maximum absolute atomic E-state index is 12.3. The van der Waals surface area contributed by atoms with E-state index in [9.17, 15) is 4.79 Å². The highest BCUT2D eigenvalue weighted by Gasteiger charge is 2.18. The van der Waals surface area contributed by atoms with E-state index >= 15 is 0 Å². The first-order valence-electron chi connectivity index (χ1n) is 9.30. The number of amides is 1. The normalized spacial score (nSPS) is 15.4. The standard InChI is InChI=1S/C22H23ClN4O/c23-21-15-20(9-8-19(21)16-24)25-22(28)17-27-13-11-26(12-14-27)10-4-7-18-5-2-1-3-6-18/h1-9,15H,10-14,17H2,(H,25,28)/b7-4+. The van der Waals surface area contributed by atoms with Gasteiger partial charge >= 0.3 is 0 Å². The van der Waals surface area contributed by atoms with Gasteiger partial charge in [-0.3, -0.25) is 14.6 Å². The number of piperazine rings is 1. The summed E-state index contributed by atoms with van der Waals surface area (Å²) in [7, 11) is 0. The lowest BCUT2D eigenvalue weighted by atomic mass is 10.2. The lowest BCUT2D eigenvalue weighted by Crippen LogP contribution is -2.48. The van der Waals surface area contributed by atoms with Crippen LogP contribution in [0.3, 0.4) is 0 Å². The molecule has 1 N–H and O–H groups in total. The first kappa shape index (κ1) is 20.1. The van der Waals surface area contributed by atoms with Gasteiger partial charge in [0.05, 0.1) is 17.1 Å². The van der Waals surface area contributed by atoms with Gasteiger partial charge in [-0.15, -0.1) is 0 Å². The Hall–Kier alpha value is -2.65. The molecule has 1 aliphatic heterocycles. The van der Waals surface area contributed by atoms with E-state index in [1.54, 1.807) is 18.2 Å². The zero-order valence-electron chi connectivity index (χ0n) is 15.6. The van der Waals surface area contributed by atoms with Crippen LogP contribution in [0, 0.1) is 11.3 Å². The van der Waals surface area contributed by atoms with E-state index in [0.29, 0.717) is 22.8 Å². The van der Waals surface area contributed by atoms with Gasteiger partial charge in [0.1, 0.15) is 6.07 Å². The molecule has 144 valence electrons. The molecule has 28 heavy (non-hydrogen) atoms. The van der Waals surface area contributed by atoms with Crippen molar-refractivity contribution in [1.29, 1.82) is 5.26 Å². The SMILES string of the molecule is N#Cc1ccc(NC(=O)CN2CCN(C/C=C/c3ccccc3)CC2)cc1Cl. The van der Waals surface area contributed by atoms with Crippen LogP contribution >= 0.6 is 11.6 Å². The molecule has 2 aromatic rings. The molecule has 0 bridgehead atoms. The summed E-state index contributed by atoms with van der Waals surface area (Å²) in [5.41, 5.74) is 2.22. The fourth-order valence-corrected chi connectivity index (χ4v) is 3.34. The van der Waals surface area contributed by atoms with Crippen molar-refractivity contribution < 1.29 is 4.79 Å². The van der Waals surface area contributed by atoms with Gasteiger partial charge in [0.2, 0.25) is 5.91 Å². The van der Waals surface area contributed by atoms with Crippen molar-refractivity contribution in [3.8, 4) is 6.07 Å². The Morgan fingerprint density at radius 3 is 2.50 bits per heavy atom. The Balaban J connectivity index is 1.40. The Morgan fingerprint density at radius 1 is 1.11 bits per heavy atom. The second-order valence-electron chi connectivity index (χ2n) is 6.74. The van der Waals surface area contributed by atoms with Crippen molar-refractivity contribution in [2.75, 3.05) is 44.6 Å². The fourth-order valence-electron chi connectivity index (χ4n) is 3.12. The van der Waals surface area contributed by atoms with Gasteiger partial charge in [-0.05, 0) is 23.8 Å². The van der Waals surface area contributed by atoms with Crippen LogP contribution in [0.5, 0.6) is 0 Å². The van der Waals surface area contributed by atoms with Crippen molar-refractivity contribution in [3.05, 3.63) is 70.8 Å². The highest BCUT2D eigenvalue weighted by molar-refractivity contribution is 6.32. The molecule has 0 aromatic heterocycles. The van der Waals surface area contributed by atoms with Gasteiger partial charge in [0, 0.05) is 38.4 Å². The number of carbonyl (C=O) groups is 1. The second-order valence-corrected chi connectivity index (χ2v) is 7.15. The molecule has 0 atom stereocenters. The molecule has 2 aromatic carbocycles. The average Bonchev–Trinajstić information content (AvgIpc) is 2.70. The summed E-state index contributed by atoms with van der Waals surface area (Å²) in [6, 6.07) is 17.2. The number of rotatable bonds is 6. The molecule has 1 fully saturated rings. The van der Waals surface area contributed by atoms with E-state index in [-0.39, 0.29) is 5.91 Å². The number of hydrogen-bond donors (Lipinski definition) is 1. The van der Waals surface area contributed by atoms with Crippen molar-refractivity contribution in [2.24, 2.45) is 0 Å². The number of benzene rings is 2. The first-order valence-corrected chi connectivity index (χ1v) is 9.67. The highest BCUT2D eigenvalue weighted by Crippen LogP contribution is 2.20. The van der Waals surface area contributed by atoms with Crippen LogP contribution in [0.1, 0.15) is 11.1 Å². The molecule has 1 amide bonds. The Kier molecular flexibility index (Phi) is 7.21. The number of halogens is 1. The number of nitrogens with one attached hydrogen (secondary N) is 1. The molecule has 0 spiro atoms. The molecule has 0 aliphatic carbocycles. The second kappa shape index (κ2) is 10.0. The van der Waals surface area contributed by atoms with Crippen LogP contribution < -0.4 is 5.32 Å². The summed E-state index contributed by atoms with van der Waals surface area (Å²) in [5.74, 6) is -0.0711. The first-order chi connectivity index (χ1) is 13.6. The monoisotopic (exact) mass is 394 g/mol. The number of nitrogens with zero attached hydrogens (tertiary/aromatic N) is 3. The zero-order chi connectivity index (χ0) is 19.8. The van der Waals surface area contributed by atoms with Gasteiger partial charge in [-0.1, -0.05) is 54.1 Å². The maximum Gasteiger partial charge on any atom is 0.238 e. The Labute approximate surface area is 170 Å². The van der Waals surface area contributed by atoms with Gasteiger partial charge < -0.3 is 5.32 Å². The third-order valence-electron chi connectivity index (χ3n) is 4.68. The molecule has 0 unspecified atom stereocenters. The molecule has 0 saturated carbocycles. The largest absolute Gasteiger partial charge is 0.325 e. The highest BCUT2D eigenvalue weighted by atomic mass is 35.5. The van der Waals surface area contributed by atoms with Gasteiger partial charge in [-0.25, -0.2) is 0 Å². The van der Waals surface area contributed by atoms with E-state index in [1.165, 1.54) is 5.56 Å². The van der Waals surface area contributed by atoms with Crippen LogP contribution in [0.4, 0.5) is 5.69 Å². The molecular weight excluding hydrogens is 372 g/mol. The predicted molar refractivity (Wildman–Crippen MR) is 113 cm³/mol. The third-order valence-corrected chi connectivity index (χ3v) is 4.99. The summed E-state index contributed by atoms with van der Waals surface area (Å²) in [4.78, 5) is 16.8. The lowest BCUT2D eigenvalue weighted by Gasteiger charge is -2.33. The maximum atomic E-state index is 12.3. The van der Waals surface area contributed by atoms with E-state index in [2.05, 4.69) is 39.4 Å². The van der Waals surface area contributed by atoms with Crippen molar-refractivity contribution >= 4 is 29.3 Å². The fraction of sp³-hybridized carbons (Fsp3) is 0.273. The zero-order valence-corrected chi connectivity index (χ0v) is 16.4. The number of carbonyl (C=O) groups excluding carboxylic acids is 1. The van der Waals surface area contributed by atoms with Crippen LogP contribution in [0.2, 0.25) is 5.02 Å². The number of hydrogen-bond acceptors (Lipinski definition) is 4. The summed E-state index contributed by atoms with van der Waals surface area (Å²) in [5, 5.41) is 12.1. The molecule has 1 saturated heterocycles. The van der Waals surface area contributed by atoms with Gasteiger partial charge in [0.25, 0.3) is 0 Å². The van der Waals surface area contributed by atoms with E-state index in [0.717, 1.165) is 32.7 Å². The van der Waals surface area contributed by atoms with Crippen molar-refractivity contribution in [3.63, 3.8) is 0 Å².